The number of thiocarbonyl (C=S) groups is 1. The first-order valence-electron chi connectivity index (χ1n) is 5.00. The first-order chi connectivity index (χ1) is 6.25. The molecular weight excluding hydrogens is 182 g/mol. The van der Waals surface area contributed by atoms with Gasteiger partial charge in [0, 0.05) is 32.2 Å². The first-order valence-corrected chi connectivity index (χ1v) is 5.41. The number of fused-ring (bicyclic) bond motifs is 1. The summed E-state index contributed by atoms with van der Waals surface area (Å²) in [7, 11) is 0. The van der Waals surface area contributed by atoms with Crippen LogP contribution < -0.4 is 5.73 Å². The minimum atomic E-state index is 0.631. The smallest absolute Gasteiger partial charge is 0.0870 e. The minimum Gasteiger partial charge on any atom is -0.392 e. The Kier molecular flexibility index (Phi) is 2.81. The van der Waals surface area contributed by atoms with E-state index in [4.69, 9.17) is 18.0 Å². The average molecular weight is 199 g/mol. The van der Waals surface area contributed by atoms with Crippen LogP contribution in [0.1, 0.15) is 12.8 Å². The molecule has 0 saturated carbocycles. The van der Waals surface area contributed by atoms with E-state index < -0.39 is 0 Å². The standard InChI is InChI=1S/C9H17N3S/c10-9(13)7-11-4-5-12-3-1-2-8(12)6-11/h8H,1-7H2,(H2,10,13). The molecule has 0 amide bonds. The van der Waals surface area contributed by atoms with Crippen molar-refractivity contribution in [3.05, 3.63) is 0 Å². The minimum absolute atomic E-state index is 0.631. The lowest BCUT2D eigenvalue weighted by molar-refractivity contribution is 0.117. The van der Waals surface area contributed by atoms with Crippen molar-refractivity contribution in [2.45, 2.75) is 18.9 Å². The number of nitrogens with two attached hydrogens (primary N) is 1. The van der Waals surface area contributed by atoms with E-state index >= 15 is 0 Å². The second-order valence-electron chi connectivity index (χ2n) is 4.03. The molecule has 2 rings (SSSR count). The van der Waals surface area contributed by atoms with Crippen LogP contribution in [0.3, 0.4) is 0 Å². The van der Waals surface area contributed by atoms with E-state index in [-0.39, 0.29) is 0 Å². The summed E-state index contributed by atoms with van der Waals surface area (Å²) in [5.74, 6) is 0. The molecule has 0 aromatic carbocycles. The molecule has 0 aromatic heterocycles. The van der Waals surface area contributed by atoms with Crippen LogP contribution in [-0.2, 0) is 0 Å². The summed E-state index contributed by atoms with van der Waals surface area (Å²) in [5.41, 5.74) is 5.54. The lowest BCUT2D eigenvalue weighted by Gasteiger charge is -2.37. The highest BCUT2D eigenvalue weighted by Crippen LogP contribution is 2.20. The SMILES string of the molecule is NC(=S)CN1CCN2CCCC2C1. The van der Waals surface area contributed by atoms with E-state index in [1.807, 2.05) is 0 Å². The average Bonchev–Trinajstić information content (AvgIpc) is 2.49. The molecule has 1 unspecified atom stereocenters. The lowest BCUT2D eigenvalue weighted by atomic mass is 10.1. The molecule has 0 radical (unpaired) electrons. The molecule has 13 heavy (non-hydrogen) atoms. The predicted molar refractivity (Wildman–Crippen MR) is 57.8 cm³/mol. The summed E-state index contributed by atoms with van der Waals surface area (Å²) in [6.07, 6.45) is 2.72. The fourth-order valence-corrected chi connectivity index (χ4v) is 2.60. The molecule has 2 saturated heterocycles. The van der Waals surface area contributed by atoms with Gasteiger partial charge in [-0.05, 0) is 19.4 Å². The summed E-state index contributed by atoms with van der Waals surface area (Å²) >= 11 is 4.92. The zero-order valence-electron chi connectivity index (χ0n) is 7.91. The maximum Gasteiger partial charge on any atom is 0.0870 e. The molecule has 4 heteroatoms. The molecular formula is C9H17N3S. The van der Waals surface area contributed by atoms with Crippen molar-refractivity contribution < 1.29 is 0 Å². The quantitative estimate of drug-likeness (QED) is 0.637. The number of rotatable bonds is 2. The molecule has 0 spiro atoms. The number of hydrogen-bond acceptors (Lipinski definition) is 3. The van der Waals surface area contributed by atoms with Gasteiger partial charge in [-0.25, -0.2) is 0 Å². The molecule has 74 valence electrons. The van der Waals surface area contributed by atoms with Gasteiger partial charge in [-0.3, -0.25) is 9.80 Å². The third-order valence-corrected chi connectivity index (χ3v) is 3.18. The number of nitrogens with zero attached hydrogens (tertiary/aromatic N) is 2. The van der Waals surface area contributed by atoms with Crippen molar-refractivity contribution >= 4 is 17.2 Å². The van der Waals surface area contributed by atoms with Crippen molar-refractivity contribution in [1.82, 2.24) is 9.80 Å². The van der Waals surface area contributed by atoms with Gasteiger partial charge in [-0.15, -0.1) is 0 Å². The topological polar surface area (TPSA) is 32.5 Å². The Labute approximate surface area is 84.9 Å². The Morgan fingerprint density at radius 3 is 3.00 bits per heavy atom. The molecule has 2 aliphatic heterocycles. The monoisotopic (exact) mass is 199 g/mol. The highest BCUT2D eigenvalue weighted by atomic mass is 32.1. The molecule has 2 heterocycles. The second-order valence-corrected chi connectivity index (χ2v) is 4.56. The molecule has 3 nitrogen and oxygen atoms in total. The van der Waals surface area contributed by atoms with Gasteiger partial charge in [0.25, 0.3) is 0 Å². The molecule has 2 aliphatic rings. The Bertz CT molecular complexity index is 207. The molecule has 2 fully saturated rings. The van der Waals surface area contributed by atoms with Crippen LogP contribution in [0.5, 0.6) is 0 Å². The van der Waals surface area contributed by atoms with E-state index in [0.29, 0.717) is 4.99 Å². The molecule has 0 bridgehead atoms. The predicted octanol–water partition coefficient (Wildman–Crippen LogP) is 0.0525. The Morgan fingerprint density at radius 2 is 2.23 bits per heavy atom. The Morgan fingerprint density at radius 1 is 1.38 bits per heavy atom. The van der Waals surface area contributed by atoms with Crippen LogP contribution in [0.4, 0.5) is 0 Å². The van der Waals surface area contributed by atoms with Gasteiger partial charge in [-0.1, -0.05) is 12.2 Å². The summed E-state index contributed by atoms with van der Waals surface area (Å²) in [6.45, 7) is 5.60. The summed E-state index contributed by atoms with van der Waals surface area (Å²) in [5, 5.41) is 0. The van der Waals surface area contributed by atoms with Crippen LogP contribution in [0, 0.1) is 0 Å². The van der Waals surface area contributed by atoms with E-state index in [9.17, 15) is 0 Å². The Hall–Kier alpha value is -0.190. The van der Waals surface area contributed by atoms with Gasteiger partial charge in [0.05, 0.1) is 4.99 Å². The zero-order chi connectivity index (χ0) is 9.26. The molecule has 0 aliphatic carbocycles. The van der Waals surface area contributed by atoms with Crippen LogP contribution in [0.2, 0.25) is 0 Å². The second kappa shape index (κ2) is 3.90. The summed E-state index contributed by atoms with van der Waals surface area (Å²) in [6, 6.07) is 0.781. The van der Waals surface area contributed by atoms with Gasteiger partial charge >= 0.3 is 0 Å². The van der Waals surface area contributed by atoms with Crippen molar-refractivity contribution in [3.63, 3.8) is 0 Å². The van der Waals surface area contributed by atoms with Crippen LogP contribution in [-0.4, -0.2) is 53.6 Å². The van der Waals surface area contributed by atoms with Crippen molar-refractivity contribution in [2.75, 3.05) is 32.7 Å². The first kappa shape index (κ1) is 9.37. The maximum absolute atomic E-state index is 5.54. The van der Waals surface area contributed by atoms with Gasteiger partial charge in [0.15, 0.2) is 0 Å². The molecule has 2 N–H and O–H groups in total. The van der Waals surface area contributed by atoms with Crippen LogP contribution >= 0.6 is 12.2 Å². The summed E-state index contributed by atoms with van der Waals surface area (Å²) in [4.78, 5) is 5.61. The number of hydrogen-bond donors (Lipinski definition) is 1. The largest absolute Gasteiger partial charge is 0.392 e. The third-order valence-electron chi connectivity index (χ3n) is 3.05. The van der Waals surface area contributed by atoms with Crippen LogP contribution in [0.25, 0.3) is 0 Å². The highest BCUT2D eigenvalue weighted by Gasteiger charge is 2.30. The Balaban J connectivity index is 1.86. The molecule has 0 aromatic rings. The van der Waals surface area contributed by atoms with Gasteiger partial charge in [-0.2, -0.15) is 0 Å². The van der Waals surface area contributed by atoms with Crippen molar-refractivity contribution in [2.24, 2.45) is 5.73 Å². The van der Waals surface area contributed by atoms with Crippen molar-refractivity contribution in [1.29, 1.82) is 0 Å². The van der Waals surface area contributed by atoms with E-state index in [1.165, 1.54) is 25.9 Å². The van der Waals surface area contributed by atoms with Crippen molar-refractivity contribution in [3.8, 4) is 0 Å². The fraction of sp³-hybridized carbons (Fsp3) is 0.889. The van der Waals surface area contributed by atoms with E-state index in [2.05, 4.69) is 9.80 Å². The zero-order valence-corrected chi connectivity index (χ0v) is 8.72. The lowest BCUT2D eigenvalue weighted by Crippen LogP contribution is -2.51. The van der Waals surface area contributed by atoms with Crippen LogP contribution in [0.15, 0.2) is 0 Å². The highest BCUT2D eigenvalue weighted by molar-refractivity contribution is 7.80. The van der Waals surface area contributed by atoms with Gasteiger partial charge in [0.1, 0.15) is 0 Å². The van der Waals surface area contributed by atoms with Gasteiger partial charge in [0.2, 0.25) is 0 Å². The van der Waals surface area contributed by atoms with Gasteiger partial charge < -0.3 is 5.73 Å². The maximum atomic E-state index is 5.54. The number of piperazine rings is 1. The third kappa shape index (κ3) is 2.18. The van der Waals surface area contributed by atoms with E-state index in [1.54, 1.807) is 0 Å². The summed E-state index contributed by atoms with van der Waals surface area (Å²) < 4.78 is 0. The van der Waals surface area contributed by atoms with E-state index in [0.717, 1.165) is 25.7 Å². The fourth-order valence-electron chi connectivity index (χ4n) is 2.42. The molecule has 1 atom stereocenters. The normalized spacial score (nSPS) is 30.3.